The van der Waals surface area contributed by atoms with Gasteiger partial charge in [-0.1, -0.05) is 6.08 Å². The lowest BCUT2D eigenvalue weighted by atomic mass is 10.0. The van der Waals surface area contributed by atoms with Crippen LogP contribution in [0.4, 0.5) is 0 Å². The van der Waals surface area contributed by atoms with Gasteiger partial charge in [-0.25, -0.2) is 4.79 Å². The minimum absolute atomic E-state index is 0.380. The molecule has 11 heavy (non-hydrogen) atoms. The summed E-state index contributed by atoms with van der Waals surface area (Å²) in [6, 6.07) is 0. The van der Waals surface area contributed by atoms with Crippen LogP contribution in [0.5, 0.6) is 0 Å². The summed E-state index contributed by atoms with van der Waals surface area (Å²) in [4.78, 5) is 10.9. The van der Waals surface area contributed by atoms with Crippen molar-refractivity contribution in [2.24, 2.45) is 5.73 Å². The lowest BCUT2D eigenvalue weighted by Gasteiger charge is -2.08. The molecule has 0 aliphatic heterocycles. The number of nitrogens with two attached hydrogens (primary N) is 1. The molecule has 0 heterocycles. The van der Waals surface area contributed by atoms with E-state index in [1.165, 1.54) is 7.11 Å². The van der Waals surface area contributed by atoms with E-state index < -0.39 is 0 Å². The van der Waals surface area contributed by atoms with E-state index in [0.29, 0.717) is 11.3 Å². The Morgan fingerprint density at radius 1 is 1.73 bits per heavy atom. The van der Waals surface area contributed by atoms with Gasteiger partial charge in [0, 0.05) is 12.1 Å². The first-order valence-electron chi connectivity index (χ1n) is 3.33. The number of esters is 1. The molecule has 2 N–H and O–H groups in total. The fraction of sp³-hybridized carbons (Fsp3) is 0.250. The Labute approximate surface area is 65.5 Å². The number of allylic oxidation sites excluding steroid dienone is 2. The van der Waals surface area contributed by atoms with Gasteiger partial charge in [0.1, 0.15) is 0 Å². The third kappa shape index (κ3) is 1.61. The molecule has 1 rings (SSSR count). The van der Waals surface area contributed by atoms with Gasteiger partial charge in [0.15, 0.2) is 0 Å². The van der Waals surface area contributed by atoms with Crippen LogP contribution in [0, 0.1) is 6.42 Å². The first-order chi connectivity index (χ1) is 5.25. The molecule has 1 aliphatic carbocycles. The van der Waals surface area contributed by atoms with Crippen molar-refractivity contribution in [3.05, 3.63) is 29.8 Å². The zero-order valence-corrected chi connectivity index (χ0v) is 6.33. The molecule has 0 saturated heterocycles. The Kier molecular flexibility index (Phi) is 2.31. The first-order valence-corrected chi connectivity index (χ1v) is 3.33. The van der Waals surface area contributed by atoms with Gasteiger partial charge in [0.2, 0.25) is 0 Å². The van der Waals surface area contributed by atoms with E-state index in [-0.39, 0.29) is 5.97 Å². The summed E-state index contributed by atoms with van der Waals surface area (Å²) >= 11 is 0. The van der Waals surface area contributed by atoms with Crippen molar-refractivity contribution in [3.63, 3.8) is 0 Å². The number of carbonyl (C=O) groups excluding carboxylic acids is 1. The van der Waals surface area contributed by atoms with E-state index in [4.69, 9.17) is 5.73 Å². The molecule has 1 radical (unpaired) electrons. The number of hydrogen-bond donors (Lipinski definition) is 1. The number of ether oxygens (including phenoxy) is 1. The van der Waals surface area contributed by atoms with E-state index in [0.717, 1.165) is 6.42 Å². The second-order valence-corrected chi connectivity index (χ2v) is 2.20. The van der Waals surface area contributed by atoms with E-state index in [9.17, 15) is 4.79 Å². The maximum atomic E-state index is 10.9. The molecule has 59 valence electrons. The predicted molar refractivity (Wildman–Crippen MR) is 41.3 cm³/mol. The van der Waals surface area contributed by atoms with Crippen LogP contribution in [-0.2, 0) is 9.53 Å². The molecular formula is C8H10NO2. The number of methoxy groups -OCH3 is 1. The molecule has 0 unspecified atom stereocenters. The minimum Gasteiger partial charge on any atom is -0.465 e. The molecule has 0 amide bonds. The molecule has 3 nitrogen and oxygen atoms in total. The fourth-order valence-corrected chi connectivity index (χ4v) is 0.883. The Morgan fingerprint density at radius 2 is 2.45 bits per heavy atom. The Bertz CT molecular complexity index is 228. The van der Waals surface area contributed by atoms with Crippen LogP contribution in [0.15, 0.2) is 23.4 Å². The molecule has 0 aromatic rings. The van der Waals surface area contributed by atoms with Crippen LogP contribution in [0.1, 0.15) is 6.42 Å². The highest BCUT2D eigenvalue weighted by molar-refractivity contribution is 5.93. The van der Waals surface area contributed by atoms with Crippen LogP contribution in [0.3, 0.4) is 0 Å². The van der Waals surface area contributed by atoms with Crippen molar-refractivity contribution >= 4 is 5.97 Å². The van der Waals surface area contributed by atoms with Gasteiger partial charge < -0.3 is 10.5 Å². The van der Waals surface area contributed by atoms with Crippen LogP contribution in [0.25, 0.3) is 0 Å². The molecule has 1 aliphatic rings. The largest absolute Gasteiger partial charge is 0.465 e. The van der Waals surface area contributed by atoms with Gasteiger partial charge >= 0.3 is 5.97 Å². The lowest BCUT2D eigenvalue weighted by molar-refractivity contribution is -0.135. The molecule has 0 fully saturated rings. The quantitative estimate of drug-likeness (QED) is 0.558. The van der Waals surface area contributed by atoms with Crippen molar-refractivity contribution in [1.82, 2.24) is 0 Å². The second-order valence-electron chi connectivity index (χ2n) is 2.20. The van der Waals surface area contributed by atoms with Gasteiger partial charge in [-0.3, -0.25) is 0 Å². The number of carbonyl (C=O) groups is 1. The zero-order valence-electron chi connectivity index (χ0n) is 6.33. The highest BCUT2D eigenvalue weighted by Gasteiger charge is 2.12. The van der Waals surface area contributed by atoms with Gasteiger partial charge in [-0.2, -0.15) is 0 Å². The molecule has 0 bridgehead atoms. The lowest BCUT2D eigenvalue weighted by Crippen LogP contribution is -2.13. The van der Waals surface area contributed by atoms with Crippen molar-refractivity contribution in [2.75, 3.05) is 7.11 Å². The van der Waals surface area contributed by atoms with Crippen LogP contribution in [-0.4, -0.2) is 13.1 Å². The molecule has 0 saturated carbocycles. The average Bonchev–Trinajstić information content (AvgIpc) is 2.04. The van der Waals surface area contributed by atoms with Crippen LogP contribution < -0.4 is 5.73 Å². The average molecular weight is 152 g/mol. The monoisotopic (exact) mass is 152 g/mol. The topological polar surface area (TPSA) is 52.3 Å². The van der Waals surface area contributed by atoms with Crippen molar-refractivity contribution < 1.29 is 9.53 Å². The number of rotatable bonds is 1. The van der Waals surface area contributed by atoms with E-state index in [1.54, 1.807) is 12.5 Å². The molecule has 0 atom stereocenters. The highest BCUT2D eigenvalue weighted by Crippen LogP contribution is 2.14. The van der Waals surface area contributed by atoms with Crippen molar-refractivity contribution in [2.45, 2.75) is 6.42 Å². The second kappa shape index (κ2) is 3.23. The number of hydrogen-bond acceptors (Lipinski definition) is 3. The normalized spacial score (nSPS) is 16.8. The SMILES string of the molecule is COC(=O)C1=C(N)[CH]CC=C1. The first kappa shape index (κ1) is 7.85. The third-order valence-corrected chi connectivity index (χ3v) is 1.47. The van der Waals surface area contributed by atoms with Crippen molar-refractivity contribution in [3.8, 4) is 0 Å². The summed E-state index contributed by atoms with van der Waals surface area (Å²) in [5, 5.41) is 0. The van der Waals surface area contributed by atoms with Gasteiger partial charge in [0.25, 0.3) is 0 Å². The summed E-state index contributed by atoms with van der Waals surface area (Å²) in [6.07, 6.45) is 6.11. The Balaban J connectivity index is 2.83. The summed E-state index contributed by atoms with van der Waals surface area (Å²) in [6.45, 7) is 0. The van der Waals surface area contributed by atoms with Gasteiger partial charge in [-0.05, 0) is 12.5 Å². The van der Waals surface area contributed by atoms with Gasteiger partial charge in [-0.15, -0.1) is 0 Å². The molecule has 0 aromatic heterocycles. The summed E-state index contributed by atoms with van der Waals surface area (Å²) < 4.78 is 4.51. The summed E-state index contributed by atoms with van der Waals surface area (Å²) in [5.41, 5.74) is 6.47. The molecule has 0 spiro atoms. The Hall–Kier alpha value is -1.25. The maximum Gasteiger partial charge on any atom is 0.339 e. The third-order valence-electron chi connectivity index (χ3n) is 1.47. The van der Waals surface area contributed by atoms with Crippen LogP contribution in [0.2, 0.25) is 0 Å². The smallest absolute Gasteiger partial charge is 0.339 e. The van der Waals surface area contributed by atoms with E-state index in [1.807, 2.05) is 6.08 Å². The molecule has 0 aromatic carbocycles. The molecule has 3 heteroatoms. The molecular weight excluding hydrogens is 142 g/mol. The summed E-state index contributed by atoms with van der Waals surface area (Å²) in [5.74, 6) is -0.380. The highest BCUT2D eigenvalue weighted by atomic mass is 16.5. The Morgan fingerprint density at radius 3 is 3.00 bits per heavy atom. The fourth-order valence-electron chi connectivity index (χ4n) is 0.883. The minimum atomic E-state index is -0.380. The van der Waals surface area contributed by atoms with Gasteiger partial charge in [0.05, 0.1) is 12.7 Å². The summed E-state index contributed by atoms with van der Waals surface area (Å²) in [7, 11) is 1.34. The predicted octanol–water partition coefficient (Wildman–Crippen LogP) is 0.536. The zero-order chi connectivity index (χ0) is 8.27. The van der Waals surface area contributed by atoms with E-state index in [2.05, 4.69) is 4.74 Å². The standard InChI is InChI=1S/C8H10NO2/c1-11-8(10)6-4-2-3-5-7(6)9/h2,4-5H,3,9H2,1H3. The van der Waals surface area contributed by atoms with E-state index >= 15 is 0 Å². The van der Waals surface area contributed by atoms with Crippen LogP contribution >= 0.6 is 0 Å². The van der Waals surface area contributed by atoms with Crippen molar-refractivity contribution in [1.29, 1.82) is 0 Å². The maximum absolute atomic E-state index is 10.9.